The molecule has 1 aromatic heterocycles. The average Bonchev–Trinajstić information content (AvgIpc) is 2.73. The van der Waals surface area contributed by atoms with Crippen molar-refractivity contribution in [2.45, 2.75) is 44.1 Å². The molecule has 1 amide bonds. The van der Waals surface area contributed by atoms with Gasteiger partial charge in [0.05, 0.1) is 6.20 Å². The van der Waals surface area contributed by atoms with E-state index in [0.717, 1.165) is 17.8 Å². The minimum Gasteiger partial charge on any atom is -0.375 e. The number of nitrogens with two attached hydrogens (primary N) is 1. The van der Waals surface area contributed by atoms with Crippen LogP contribution in [-0.2, 0) is 0 Å². The Balaban J connectivity index is 1.54. The number of hydrogen-bond acceptors (Lipinski definition) is 4. The Morgan fingerprint density at radius 1 is 1.26 bits per heavy atom. The van der Waals surface area contributed by atoms with Crippen molar-refractivity contribution in [3.63, 3.8) is 0 Å². The molecule has 4 bridgehead atoms. The van der Waals surface area contributed by atoms with Crippen LogP contribution in [-0.4, -0.2) is 16.4 Å². The molecular formula is C14H19N3OS. The number of nitrogen functional groups attached to an aromatic ring is 1. The summed E-state index contributed by atoms with van der Waals surface area (Å²) in [5.74, 6) is 2.56. The molecule has 4 nitrogen and oxygen atoms in total. The highest BCUT2D eigenvalue weighted by Gasteiger charge is 2.51. The highest BCUT2D eigenvalue weighted by Crippen LogP contribution is 2.55. The Bertz CT molecular complexity index is 489. The van der Waals surface area contributed by atoms with E-state index in [1.807, 2.05) is 0 Å². The minimum atomic E-state index is 0.0242. The van der Waals surface area contributed by atoms with Crippen LogP contribution >= 0.6 is 11.3 Å². The third kappa shape index (κ3) is 1.95. The van der Waals surface area contributed by atoms with Gasteiger partial charge in [0.1, 0.15) is 4.88 Å². The number of aromatic nitrogens is 1. The maximum atomic E-state index is 12.3. The third-order valence-electron chi connectivity index (χ3n) is 5.16. The van der Waals surface area contributed by atoms with E-state index >= 15 is 0 Å². The van der Waals surface area contributed by atoms with E-state index in [0.29, 0.717) is 10.0 Å². The number of hydrogen-bond donors (Lipinski definition) is 2. The molecular weight excluding hydrogens is 258 g/mol. The van der Waals surface area contributed by atoms with Gasteiger partial charge in [-0.1, -0.05) is 11.3 Å². The summed E-state index contributed by atoms with van der Waals surface area (Å²) in [5, 5.41) is 3.80. The van der Waals surface area contributed by atoms with E-state index in [-0.39, 0.29) is 11.4 Å². The molecule has 4 saturated carbocycles. The maximum Gasteiger partial charge on any atom is 0.263 e. The summed E-state index contributed by atoms with van der Waals surface area (Å²) in [7, 11) is 0. The molecule has 5 heteroatoms. The van der Waals surface area contributed by atoms with Crippen LogP contribution in [0.2, 0.25) is 0 Å². The minimum absolute atomic E-state index is 0.0242. The lowest BCUT2D eigenvalue weighted by molar-refractivity contribution is -0.0166. The number of anilines is 1. The van der Waals surface area contributed by atoms with Crippen LogP contribution in [0, 0.1) is 17.8 Å². The van der Waals surface area contributed by atoms with Gasteiger partial charge in [0.25, 0.3) is 5.91 Å². The summed E-state index contributed by atoms with van der Waals surface area (Å²) < 4.78 is 0. The first-order valence-electron chi connectivity index (χ1n) is 7.16. The van der Waals surface area contributed by atoms with Crippen molar-refractivity contribution in [2.24, 2.45) is 17.8 Å². The Hall–Kier alpha value is -1.10. The second-order valence-electron chi connectivity index (χ2n) is 6.71. The predicted octanol–water partition coefficient (Wildman–Crippen LogP) is 2.42. The Morgan fingerprint density at radius 3 is 2.32 bits per heavy atom. The fourth-order valence-electron chi connectivity index (χ4n) is 4.96. The lowest BCUT2D eigenvalue weighted by Crippen LogP contribution is -2.59. The number of carbonyl (C=O) groups excluding carboxylic acids is 1. The summed E-state index contributed by atoms with van der Waals surface area (Å²) in [5.41, 5.74) is 5.68. The van der Waals surface area contributed by atoms with Crippen LogP contribution in [0.4, 0.5) is 5.13 Å². The van der Waals surface area contributed by atoms with E-state index in [4.69, 9.17) is 5.73 Å². The van der Waals surface area contributed by atoms with Crippen molar-refractivity contribution < 1.29 is 4.79 Å². The molecule has 0 aromatic carbocycles. The van der Waals surface area contributed by atoms with Gasteiger partial charge in [-0.2, -0.15) is 0 Å². The molecule has 102 valence electrons. The quantitative estimate of drug-likeness (QED) is 0.872. The van der Waals surface area contributed by atoms with Gasteiger partial charge in [0.15, 0.2) is 5.13 Å². The SMILES string of the molecule is Nc1ncc(C(=O)NC23CC4CC(CC(C4)C2)C3)s1. The molecule has 4 aliphatic rings. The van der Waals surface area contributed by atoms with Crippen LogP contribution in [0.5, 0.6) is 0 Å². The van der Waals surface area contributed by atoms with Crippen molar-refractivity contribution in [3.05, 3.63) is 11.1 Å². The molecule has 1 aromatic rings. The highest BCUT2D eigenvalue weighted by atomic mass is 32.1. The number of rotatable bonds is 2. The number of nitrogens with one attached hydrogen (secondary N) is 1. The zero-order valence-electron chi connectivity index (χ0n) is 10.9. The predicted molar refractivity (Wildman–Crippen MR) is 74.9 cm³/mol. The van der Waals surface area contributed by atoms with Crippen LogP contribution < -0.4 is 11.1 Å². The van der Waals surface area contributed by atoms with Gasteiger partial charge in [-0.15, -0.1) is 0 Å². The Morgan fingerprint density at radius 2 is 1.84 bits per heavy atom. The average molecular weight is 277 g/mol. The second-order valence-corrected chi connectivity index (χ2v) is 7.78. The van der Waals surface area contributed by atoms with Crippen LogP contribution in [0.1, 0.15) is 48.2 Å². The molecule has 19 heavy (non-hydrogen) atoms. The van der Waals surface area contributed by atoms with Gasteiger partial charge in [0.2, 0.25) is 0 Å². The molecule has 5 rings (SSSR count). The first-order valence-corrected chi connectivity index (χ1v) is 7.97. The topological polar surface area (TPSA) is 68.0 Å². The lowest BCUT2D eigenvalue weighted by atomic mass is 9.53. The monoisotopic (exact) mass is 277 g/mol. The van der Waals surface area contributed by atoms with E-state index in [1.165, 1.54) is 49.9 Å². The highest BCUT2D eigenvalue weighted by molar-refractivity contribution is 7.17. The van der Waals surface area contributed by atoms with E-state index in [9.17, 15) is 4.79 Å². The molecule has 1 heterocycles. The van der Waals surface area contributed by atoms with Crippen molar-refractivity contribution in [3.8, 4) is 0 Å². The van der Waals surface area contributed by atoms with Gasteiger partial charge in [0, 0.05) is 5.54 Å². The van der Waals surface area contributed by atoms with Crippen molar-refractivity contribution in [1.29, 1.82) is 0 Å². The molecule has 0 aliphatic heterocycles. The molecule has 4 fully saturated rings. The van der Waals surface area contributed by atoms with Crippen molar-refractivity contribution in [1.82, 2.24) is 10.3 Å². The fourth-order valence-corrected chi connectivity index (χ4v) is 5.54. The fraction of sp³-hybridized carbons (Fsp3) is 0.714. The van der Waals surface area contributed by atoms with E-state index in [1.54, 1.807) is 6.20 Å². The second kappa shape index (κ2) is 3.95. The van der Waals surface area contributed by atoms with Crippen LogP contribution in [0.3, 0.4) is 0 Å². The van der Waals surface area contributed by atoms with Crippen LogP contribution in [0.25, 0.3) is 0 Å². The summed E-state index contributed by atoms with van der Waals surface area (Å²) in [4.78, 5) is 17.0. The largest absolute Gasteiger partial charge is 0.375 e. The van der Waals surface area contributed by atoms with Gasteiger partial charge in [-0.3, -0.25) is 4.79 Å². The standard InChI is InChI=1S/C14H19N3OS/c15-13-16-7-11(19-13)12(18)17-14-4-8-1-9(5-14)3-10(2-8)6-14/h7-10H,1-6H2,(H2,15,16)(H,17,18). The first-order chi connectivity index (χ1) is 9.12. The normalized spacial score (nSPS) is 39.5. The van der Waals surface area contributed by atoms with Gasteiger partial charge in [-0.25, -0.2) is 4.98 Å². The number of carbonyl (C=O) groups is 1. The van der Waals surface area contributed by atoms with Gasteiger partial charge >= 0.3 is 0 Å². The summed E-state index contributed by atoms with van der Waals surface area (Å²) in [6, 6.07) is 0. The van der Waals surface area contributed by atoms with Gasteiger partial charge in [-0.05, 0) is 56.3 Å². The molecule has 0 radical (unpaired) electrons. The molecule has 3 N–H and O–H groups in total. The third-order valence-corrected chi connectivity index (χ3v) is 5.99. The van der Waals surface area contributed by atoms with E-state index in [2.05, 4.69) is 10.3 Å². The zero-order valence-corrected chi connectivity index (χ0v) is 11.7. The summed E-state index contributed by atoms with van der Waals surface area (Å²) >= 11 is 1.28. The molecule has 0 saturated heterocycles. The zero-order chi connectivity index (χ0) is 13.0. The van der Waals surface area contributed by atoms with Crippen LogP contribution in [0.15, 0.2) is 6.20 Å². The molecule has 4 aliphatic carbocycles. The molecule has 0 spiro atoms. The Kier molecular flexibility index (Phi) is 2.43. The maximum absolute atomic E-state index is 12.3. The number of amides is 1. The molecule has 0 atom stereocenters. The molecule has 0 unspecified atom stereocenters. The van der Waals surface area contributed by atoms with E-state index < -0.39 is 0 Å². The van der Waals surface area contributed by atoms with Crippen molar-refractivity contribution >= 4 is 22.4 Å². The first kappa shape index (κ1) is 11.7. The lowest BCUT2D eigenvalue weighted by Gasteiger charge is -2.56. The smallest absolute Gasteiger partial charge is 0.263 e. The van der Waals surface area contributed by atoms with Gasteiger partial charge < -0.3 is 11.1 Å². The summed E-state index contributed by atoms with van der Waals surface area (Å²) in [6.07, 6.45) is 9.31. The number of nitrogens with zero attached hydrogens (tertiary/aromatic N) is 1. The van der Waals surface area contributed by atoms with Crippen molar-refractivity contribution in [2.75, 3.05) is 5.73 Å². The summed E-state index contributed by atoms with van der Waals surface area (Å²) in [6.45, 7) is 0. The Labute approximate surface area is 116 Å². The number of thiazole rings is 1.